The van der Waals surface area contributed by atoms with E-state index in [0.29, 0.717) is 18.2 Å². The molecule has 0 amide bonds. The molecule has 0 saturated carbocycles. The summed E-state index contributed by atoms with van der Waals surface area (Å²) in [5, 5.41) is 3.17. The molecule has 1 aliphatic rings. The van der Waals surface area contributed by atoms with Crippen molar-refractivity contribution in [1.29, 1.82) is 0 Å². The molecule has 0 unspecified atom stereocenters. The van der Waals surface area contributed by atoms with Gasteiger partial charge in [0.2, 0.25) is 0 Å². The van der Waals surface area contributed by atoms with E-state index in [1.807, 2.05) is 0 Å². The monoisotopic (exact) mass is 258 g/mol. The van der Waals surface area contributed by atoms with E-state index in [0.717, 1.165) is 38.2 Å². The molecule has 1 fully saturated rings. The van der Waals surface area contributed by atoms with E-state index in [9.17, 15) is 13.2 Å². The van der Waals surface area contributed by atoms with E-state index < -0.39 is 17.5 Å². The van der Waals surface area contributed by atoms with Crippen molar-refractivity contribution in [2.24, 2.45) is 0 Å². The Morgan fingerprint density at radius 2 is 1.83 bits per heavy atom. The summed E-state index contributed by atoms with van der Waals surface area (Å²) < 4.78 is 39.1. The van der Waals surface area contributed by atoms with Gasteiger partial charge in [-0.1, -0.05) is 6.92 Å². The number of nitrogens with one attached hydrogen (secondary N) is 1. The van der Waals surface area contributed by atoms with Crippen molar-refractivity contribution in [3.05, 3.63) is 35.1 Å². The normalized spacial score (nSPS) is 16.1. The van der Waals surface area contributed by atoms with Crippen LogP contribution in [0, 0.1) is 17.5 Å². The van der Waals surface area contributed by atoms with Crippen molar-refractivity contribution < 1.29 is 13.2 Å². The maximum absolute atomic E-state index is 13.1. The van der Waals surface area contributed by atoms with E-state index in [1.54, 1.807) is 0 Å². The topological polar surface area (TPSA) is 15.3 Å². The standard InChI is InChI=1S/C13H17F3N2/c1-2-3-18(10-6-17-7-10)8-9-4-11(14)13(16)12(15)5-9/h4-5,10,17H,2-3,6-8H2,1H3. The fraction of sp³-hybridized carbons (Fsp3) is 0.538. The van der Waals surface area contributed by atoms with Crippen LogP contribution in [0.3, 0.4) is 0 Å². The van der Waals surface area contributed by atoms with E-state index in [4.69, 9.17) is 0 Å². The van der Waals surface area contributed by atoms with E-state index in [1.165, 1.54) is 0 Å². The zero-order valence-electron chi connectivity index (χ0n) is 10.3. The van der Waals surface area contributed by atoms with Gasteiger partial charge in [0.05, 0.1) is 0 Å². The Labute approximate surface area is 105 Å². The molecule has 0 aromatic heterocycles. The van der Waals surface area contributed by atoms with E-state index >= 15 is 0 Å². The van der Waals surface area contributed by atoms with Gasteiger partial charge in [0, 0.05) is 25.7 Å². The molecule has 1 N–H and O–H groups in total. The molecule has 2 rings (SSSR count). The second-order valence-electron chi connectivity index (χ2n) is 4.66. The third-order valence-corrected chi connectivity index (χ3v) is 3.22. The summed E-state index contributed by atoms with van der Waals surface area (Å²) in [6.07, 6.45) is 0.975. The SMILES string of the molecule is CCCN(Cc1cc(F)c(F)c(F)c1)C1CNC1. The third-order valence-electron chi connectivity index (χ3n) is 3.22. The minimum absolute atomic E-state index is 0.404. The van der Waals surface area contributed by atoms with Crippen molar-refractivity contribution in [2.45, 2.75) is 25.9 Å². The lowest BCUT2D eigenvalue weighted by atomic mass is 10.1. The summed E-state index contributed by atoms with van der Waals surface area (Å²) in [6.45, 7) is 5.17. The number of halogens is 3. The average molecular weight is 258 g/mol. The van der Waals surface area contributed by atoms with Crippen LogP contribution in [0.4, 0.5) is 13.2 Å². The highest BCUT2D eigenvalue weighted by molar-refractivity contribution is 5.19. The van der Waals surface area contributed by atoms with Gasteiger partial charge in [-0.05, 0) is 30.7 Å². The van der Waals surface area contributed by atoms with Gasteiger partial charge in [-0.15, -0.1) is 0 Å². The van der Waals surface area contributed by atoms with Gasteiger partial charge in [-0.3, -0.25) is 4.90 Å². The summed E-state index contributed by atoms with van der Waals surface area (Å²) in [5.41, 5.74) is 0.478. The molecule has 5 heteroatoms. The number of hydrogen-bond acceptors (Lipinski definition) is 2. The molecule has 1 aromatic carbocycles. The predicted octanol–water partition coefficient (Wildman–Crippen LogP) is 2.29. The molecule has 0 bridgehead atoms. The van der Waals surface area contributed by atoms with E-state index in [-0.39, 0.29) is 0 Å². The highest BCUT2D eigenvalue weighted by Gasteiger charge is 2.24. The zero-order valence-corrected chi connectivity index (χ0v) is 10.3. The van der Waals surface area contributed by atoms with Crippen molar-refractivity contribution in [1.82, 2.24) is 10.2 Å². The van der Waals surface area contributed by atoms with Gasteiger partial charge in [-0.2, -0.15) is 0 Å². The lowest BCUT2D eigenvalue weighted by Crippen LogP contribution is -2.56. The molecule has 1 aliphatic heterocycles. The minimum Gasteiger partial charge on any atom is -0.314 e. The Hall–Kier alpha value is -1.07. The largest absolute Gasteiger partial charge is 0.314 e. The van der Waals surface area contributed by atoms with Crippen LogP contribution in [-0.4, -0.2) is 30.6 Å². The molecule has 0 atom stereocenters. The quantitative estimate of drug-likeness (QED) is 0.815. The number of nitrogens with zero attached hydrogens (tertiary/aromatic N) is 1. The summed E-state index contributed by atoms with van der Waals surface area (Å²) in [4.78, 5) is 2.17. The second kappa shape index (κ2) is 5.71. The lowest BCUT2D eigenvalue weighted by Gasteiger charge is -2.38. The molecular formula is C13H17F3N2. The average Bonchev–Trinajstić information content (AvgIpc) is 2.23. The van der Waals surface area contributed by atoms with Crippen LogP contribution >= 0.6 is 0 Å². The maximum Gasteiger partial charge on any atom is 0.194 e. The molecule has 1 heterocycles. The molecular weight excluding hydrogens is 241 g/mol. The molecule has 100 valence electrons. The Morgan fingerprint density at radius 3 is 2.28 bits per heavy atom. The van der Waals surface area contributed by atoms with Crippen LogP contribution in [0.2, 0.25) is 0 Å². The molecule has 1 saturated heterocycles. The highest BCUT2D eigenvalue weighted by atomic mass is 19.2. The summed E-state index contributed by atoms with van der Waals surface area (Å²) in [5.74, 6) is -3.63. The van der Waals surface area contributed by atoms with Crippen LogP contribution in [-0.2, 0) is 6.54 Å². The summed E-state index contributed by atoms with van der Waals surface area (Å²) in [6, 6.07) is 2.56. The Morgan fingerprint density at radius 1 is 1.22 bits per heavy atom. The fourth-order valence-corrected chi connectivity index (χ4v) is 2.14. The maximum atomic E-state index is 13.1. The third kappa shape index (κ3) is 2.84. The zero-order chi connectivity index (χ0) is 13.1. The van der Waals surface area contributed by atoms with Gasteiger partial charge in [0.25, 0.3) is 0 Å². The van der Waals surface area contributed by atoms with Gasteiger partial charge in [0.15, 0.2) is 17.5 Å². The molecule has 0 aliphatic carbocycles. The Bertz CT molecular complexity index is 396. The molecule has 2 nitrogen and oxygen atoms in total. The molecule has 18 heavy (non-hydrogen) atoms. The van der Waals surface area contributed by atoms with Crippen LogP contribution in [0.15, 0.2) is 12.1 Å². The molecule has 1 aromatic rings. The summed E-state index contributed by atoms with van der Waals surface area (Å²) >= 11 is 0. The van der Waals surface area contributed by atoms with Crippen LogP contribution in [0.1, 0.15) is 18.9 Å². The van der Waals surface area contributed by atoms with Crippen LogP contribution in [0.25, 0.3) is 0 Å². The number of benzene rings is 1. The first-order chi connectivity index (χ1) is 8.61. The van der Waals surface area contributed by atoms with Crippen molar-refractivity contribution in [3.8, 4) is 0 Å². The van der Waals surface area contributed by atoms with Gasteiger partial charge in [0.1, 0.15) is 0 Å². The van der Waals surface area contributed by atoms with Crippen molar-refractivity contribution >= 4 is 0 Å². The Balaban J connectivity index is 2.10. The highest BCUT2D eigenvalue weighted by Crippen LogP contribution is 2.17. The second-order valence-corrected chi connectivity index (χ2v) is 4.66. The lowest BCUT2D eigenvalue weighted by molar-refractivity contribution is 0.137. The smallest absolute Gasteiger partial charge is 0.194 e. The first kappa shape index (κ1) is 13.4. The molecule has 0 spiro atoms. The van der Waals surface area contributed by atoms with Crippen molar-refractivity contribution in [3.63, 3.8) is 0 Å². The van der Waals surface area contributed by atoms with Gasteiger partial charge in [-0.25, -0.2) is 13.2 Å². The first-order valence-corrected chi connectivity index (χ1v) is 6.20. The van der Waals surface area contributed by atoms with Gasteiger partial charge >= 0.3 is 0 Å². The number of rotatable bonds is 5. The Kier molecular flexibility index (Phi) is 4.24. The molecule has 0 radical (unpaired) electrons. The van der Waals surface area contributed by atoms with Crippen molar-refractivity contribution in [2.75, 3.05) is 19.6 Å². The van der Waals surface area contributed by atoms with E-state index in [2.05, 4.69) is 17.1 Å². The van der Waals surface area contributed by atoms with Crippen LogP contribution < -0.4 is 5.32 Å². The summed E-state index contributed by atoms with van der Waals surface area (Å²) in [7, 11) is 0. The van der Waals surface area contributed by atoms with Crippen LogP contribution in [0.5, 0.6) is 0 Å². The van der Waals surface area contributed by atoms with Gasteiger partial charge < -0.3 is 5.32 Å². The first-order valence-electron chi connectivity index (χ1n) is 6.20. The minimum atomic E-state index is -1.40. The predicted molar refractivity (Wildman–Crippen MR) is 63.7 cm³/mol. The fourth-order valence-electron chi connectivity index (χ4n) is 2.14. The number of hydrogen-bond donors (Lipinski definition) is 1.